The van der Waals surface area contributed by atoms with Crippen LogP contribution < -0.4 is 5.32 Å². The second-order valence-corrected chi connectivity index (χ2v) is 8.32. The lowest BCUT2D eigenvalue weighted by atomic mass is 9.73. The summed E-state index contributed by atoms with van der Waals surface area (Å²) < 4.78 is 0. The second kappa shape index (κ2) is 5.04. The van der Waals surface area contributed by atoms with Crippen molar-refractivity contribution >= 4 is 0 Å². The summed E-state index contributed by atoms with van der Waals surface area (Å²) in [5.41, 5.74) is 0.626. The van der Waals surface area contributed by atoms with Crippen LogP contribution in [0.1, 0.15) is 53.4 Å². The number of piperidine rings is 1. The molecule has 2 saturated carbocycles. The molecule has 1 heterocycles. The summed E-state index contributed by atoms with van der Waals surface area (Å²) in [6, 6.07) is 1.55. The Labute approximate surface area is 119 Å². The van der Waals surface area contributed by atoms with Crippen molar-refractivity contribution in [1.29, 1.82) is 0 Å². The average molecular weight is 264 g/mol. The van der Waals surface area contributed by atoms with Crippen LogP contribution in [0.15, 0.2) is 0 Å². The van der Waals surface area contributed by atoms with Crippen molar-refractivity contribution < 1.29 is 0 Å². The van der Waals surface area contributed by atoms with Gasteiger partial charge in [0.15, 0.2) is 0 Å². The summed E-state index contributed by atoms with van der Waals surface area (Å²) >= 11 is 0. The number of hydrogen-bond donors (Lipinski definition) is 1. The lowest BCUT2D eigenvalue weighted by Crippen LogP contribution is -2.58. The van der Waals surface area contributed by atoms with Crippen LogP contribution in [0.4, 0.5) is 0 Å². The van der Waals surface area contributed by atoms with Crippen LogP contribution in [0.2, 0.25) is 0 Å². The van der Waals surface area contributed by atoms with E-state index in [1.165, 1.54) is 45.3 Å². The Balaban J connectivity index is 1.56. The molecule has 2 aliphatic carbocycles. The highest BCUT2D eigenvalue weighted by molar-refractivity contribution is 5.00. The first kappa shape index (κ1) is 13.9. The molecule has 1 N–H and O–H groups in total. The molecular weight excluding hydrogens is 232 g/mol. The number of fused-ring (bicyclic) bond motifs is 2. The van der Waals surface area contributed by atoms with Gasteiger partial charge in [0, 0.05) is 25.2 Å². The molecular formula is C17H32N2. The maximum absolute atomic E-state index is 3.97. The third-order valence-electron chi connectivity index (χ3n) is 6.15. The molecule has 2 bridgehead atoms. The Morgan fingerprint density at radius 3 is 2.21 bits per heavy atom. The zero-order valence-corrected chi connectivity index (χ0v) is 13.3. The number of hydrogen-bond acceptors (Lipinski definition) is 2. The molecule has 0 aromatic rings. The van der Waals surface area contributed by atoms with Gasteiger partial charge in [-0.3, -0.25) is 0 Å². The molecule has 0 aromatic heterocycles. The van der Waals surface area contributed by atoms with Crippen LogP contribution in [-0.2, 0) is 0 Å². The third kappa shape index (κ3) is 2.85. The van der Waals surface area contributed by atoms with Crippen LogP contribution in [0.3, 0.4) is 0 Å². The van der Waals surface area contributed by atoms with Gasteiger partial charge in [-0.15, -0.1) is 0 Å². The predicted octanol–water partition coefficient (Wildman–Crippen LogP) is 3.13. The Morgan fingerprint density at radius 1 is 1.16 bits per heavy atom. The van der Waals surface area contributed by atoms with E-state index < -0.39 is 0 Å². The first-order valence-corrected chi connectivity index (χ1v) is 8.45. The second-order valence-electron chi connectivity index (χ2n) is 8.32. The van der Waals surface area contributed by atoms with Crippen molar-refractivity contribution in [2.24, 2.45) is 23.2 Å². The molecule has 0 amide bonds. The van der Waals surface area contributed by atoms with E-state index in [2.05, 4.69) is 37.9 Å². The summed E-state index contributed by atoms with van der Waals surface area (Å²) in [7, 11) is 0. The molecule has 3 aliphatic rings. The summed E-state index contributed by atoms with van der Waals surface area (Å²) in [6.45, 7) is 13.5. The van der Waals surface area contributed by atoms with Crippen LogP contribution in [-0.4, -0.2) is 36.6 Å². The Hall–Kier alpha value is -0.0800. The van der Waals surface area contributed by atoms with Gasteiger partial charge < -0.3 is 10.2 Å². The molecule has 0 aromatic carbocycles. The van der Waals surface area contributed by atoms with Gasteiger partial charge >= 0.3 is 0 Å². The molecule has 1 saturated heterocycles. The van der Waals surface area contributed by atoms with E-state index in [4.69, 9.17) is 0 Å². The molecule has 0 radical (unpaired) electrons. The van der Waals surface area contributed by atoms with Gasteiger partial charge in [-0.2, -0.15) is 0 Å². The Kier molecular flexibility index (Phi) is 3.68. The minimum atomic E-state index is 0.626. The zero-order chi connectivity index (χ0) is 13.6. The third-order valence-corrected chi connectivity index (χ3v) is 6.15. The van der Waals surface area contributed by atoms with Crippen molar-refractivity contribution in [2.75, 3.05) is 19.6 Å². The highest BCUT2D eigenvalue weighted by Crippen LogP contribution is 2.51. The van der Waals surface area contributed by atoms with Crippen LogP contribution in [0.5, 0.6) is 0 Å². The van der Waals surface area contributed by atoms with E-state index in [1.807, 2.05) is 0 Å². The van der Waals surface area contributed by atoms with Crippen LogP contribution in [0.25, 0.3) is 0 Å². The first-order chi connectivity index (χ1) is 8.97. The van der Waals surface area contributed by atoms with Crippen molar-refractivity contribution in [3.05, 3.63) is 0 Å². The minimum Gasteiger partial charge on any atom is -0.313 e. The van der Waals surface area contributed by atoms with Crippen molar-refractivity contribution in [3.63, 3.8) is 0 Å². The monoisotopic (exact) mass is 264 g/mol. The van der Waals surface area contributed by atoms with Gasteiger partial charge in [0.1, 0.15) is 0 Å². The van der Waals surface area contributed by atoms with Crippen LogP contribution >= 0.6 is 0 Å². The summed E-state index contributed by atoms with van der Waals surface area (Å²) in [6.07, 6.45) is 5.80. The molecule has 3 atom stereocenters. The highest BCUT2D eigenvalue weighted by Gasteiger charge is 2.46. The van der Waals surface area contributed by atoms with Crippen molar-refractivity contribution in [2.45, 2.75) is 65.5 Å². The Bertz CT molecular complexity index is 309. The van der Waals surface area contributed by atoms with Crippen molar-refractivity contribution in [3.8, 4) is 0 Å². The zero-order valence-electron chi connectivity index (χ0n) is 13.3. The maximum atomic E-state index is 3.97. The number of likely N-dealkylation sites (tertiary alicyclic amines) is 1. The van der Waals surface area contributed by atoms with E-state index in [9.17, 15) is 0 Å². The normalized spacial score (nSPS) is 41.5. The van der Waals surface area contributed by atoms with Gasteiger partial charge in [-0.1, -0.05) is 20.3 Å². The first-order valence-electron chi connectivity index (χ1n) is 8.45. The van der Waals surface area contributed by atoms with Gasteiger partial charge in [-0.05, 0) is 62.8 Å². The molecule has 2 heteroatoms. The van der Waals surface area contributed by atoms with Gasteiger partial charge in [0.2, 0.25) is 0 Å². The number of rotatable bonds is 4. The predicted molar refractivity (Wildman–Crippen MR) is 81.2 cm³/mol. The van der Waals surface area contributed by atoms with Crippen LogP contribution in [0, 0.1) is 23.2 Å². The van der Waals surface area contributed by atoms with Gasteiger partial charge in [0.25, 0.3) is 0 Å². The lowest BCUT2D eigenvalue weighted by Gasteiger charge is -2.49. The van der Waals surface area contributed by atoms with Gasteiger partial charge in [0.05, 0.1) is 0 Å². The van der Waals surface area contributed by atoms with Crippen molar-refractivity contribution in [1.82, 2.24) is 10.2 Å². The summed E-state index contributed by atoms with van der Waals surface area (Å²) in [4.78, 5) is 2.72. The fraction of sp³-hybridized carbons (Fsp3) is 1.00. The summed E-state index contributed by atoms with van der Waals surface area (Å²) in [5, 5.41) is 3.97. The topological polar surface area (TPSA) is 15.3 Å². The fourth-order valence-corrected chi connectivity index (χ4v) is 4.43. The van der Waals surface area contributed by atoms with E-state index in [0.29, 0.717) is 5.41 Å². The Morgan fingerprint density at radius 2 is 1.74 bits per heavy atom. The van der Waals surface area contributed by atoms with E-state index in [-0.39, 0.29) is 0 Å². The maximum Gasteiger partial charge on any atom is 0.0148 e. The van der Waals surface area contributed by atoms with E-state index in [0.717, 1.165) is 29.8 Å². The lowest BCUT2D eigenvalue weighted by molar-refractivity contribution is 0.0290. The number of nitrogens with one attached hydrogen (secondary N) is 1. The van der Waals surface area contributed by atoms with E-state index >= 15 is 0 Å². The van der Waals surface area contributed by atoms with E-state index in [1.54, 1.807) is 0 Å². The molecule has 3 unspecified atom stereocenters. The molecule has 3 fully saturated rings. The van der Waals surface area contributed by atoms with Gasteiger partial charge in [-0.25, -0.2) is 0 Å². The highest BCUT2D eigenvalue weighted by atomic mass is 15.2. The molecule has 2 nitrogen and oxygen atoms in total. The fourth-order valence-electron chi connectivity index (χ4n) is 4.43. The molecule has 3 rings (SSSR count). The summed E-state index contributed by atoms with van der Waals surface area (Å²) in [5.74, 6) is 2.77. The standard InChI is InChI=1S/C17H32N2/c1-12(2)19-10-13-6-5-7-14(11-19)16(13)18-9-15-8-17(15,3)4/h12-16,18H,5-11H2,1-4H3. The quantitative estimate of drug-likeness (QED) is 0.839. The SMILES string of the molecule is CC(C)N1CC2CCCC(C1)C2NCC1CC1(C)C. The molecule has 19 heavy (non-hydrogen) atoms. The average Bonchev–Trinajstić information content (AvgIpc) is 2.93. The largest absolute Gasteiger partial charge is 0.313 e. The minimum absolute atomic E-state index is 0.626. The molecule has 0 spiro atoms. The number of nitrogens with zero attached hydrogens (tertiary/aromatic N) is 1. The molecule has 110 valence electrons. The molecule has 1 aliphatic heterocycles. The smallest absolute Gasteiger partial charge is 0.0148 e.